The van der Waals surface area contributed by atoms with Crippen LogP contribution in [0.3, 0.4) is 0 Å². The third-order valence-corrected chi connectivity index (χ3v) is 3.39. The zero-order valence-electron chi connectivity index (χ0n) is 9.76. The quantitative estimate of drug-likeness (QED) is 0.589. The summed E-state index contributed by atoms with van der Waals surface area (Å²) in [5, 5.41) is 1.20. The average Bonchev–Trinajstić information content (AvgIpc) is 2.46. The van der Waals surface area contributed by atoms with Crippen LogP contribution in [-0.4, -0.2) is 4.98 Å². The van der Waals surface area contributed by atoms with Crippen molar-refractivity contribution >= 4 is 10.9 Å². The predicted molar refractivity (Wildman–Crippen MR) is 71.5 cm³/mol. The summed E-state index contributed by atoms with van der Waals surface area (Å²) in [5.41, 5.74) is 4.63. The van der Waals surface area contributed by atoms with Crippen molar-refractivity contribution in [2.24, 2.45) is 0 Å². The molecule has 2 nitrogen and oxygen atoms in total. The SMILES string of the molecule is c1ccc2c(c1)OCc1cnc3ccccc3c1-2. The fourth-order valence-electron chi connectivity index (χ4n) is 2.56. The number of para-hydroxylation sites is 2. The van der Waals surface area contributed by atoms with Gasteiger partial charge in [0.15, 0.2) is 0 Å². The van der Waals surface area contributed by atoms with Crippen molar-refractivity contribution in [3.63, 3.8) is 0 Å². The first kappa shape index (κ1) is 9.66. The van der Waals surface area contributed by atoms with Gasteiger partial charge >= 0.3 is 0 Å². The number of hydrogen-bond donors (Lipinski definition) is 0. The van der Waals surface area contributed by atoms with E-state index >= 15 is 0 Å². The van der Waals surface area contributed by atoms with Gasteiger partial charge in [0.25, 0.3) is 0 Å². The van der Waals surface area contributed by atoms with Crippen molar-refractivity contribution in [2.45, 2.75) is 6.61 Å². The number of ether oxygens (including phenoxy) is 1. The molecule has 18 heavy (non-hydrogen) atoms. The van der Waals surface area contributed by atoms with Crippen molar-refractivity contribution in [3.8, 4) is 16.9 Å². The van der Waals surface area contributed by atoms with E-state index in [4.69, 9.17) is 4.74 Å². The highest BCUT2D eigenvalue weighted by Gasteiger charge is 2.19. The fourth-order valence-corrected chi connectivity index (χ4v) is 2.56. The minimum atomic E-state index is 0.601. The number of benzene rings is 2. The molecule has 86 valence electrons. The lowest BCUT2D eigenvalue weighted by Crippen LogP contribution is -2.06. The summed E-state index contributed by atoms with van der Waals surface area (Å²) in [5.74, 6) is 0.960. The summed E-state index contributed by atoms with van der Waals surface area (Å²) in [4.78, 5) is 4.49. The van der Waals surface area contributed by atoms with E-state index in [0.29, 0.717) is 6.61 Å². The molecule has 0 spiro atoms. The van der Waals surface area contributed by atoms with Crippen LogP contribution in [0.5, 0.6) is 5.75 Å². The van der Waals surface area contributed by atoms with Gasteiger partial charge in [-0.1, -0.05) is 36.4 Å². The number of nitrogens with zero attached hydrogens (tertiary/aromatic N) is 1. The average molecular weight is 233 g/mol. The Morgan fingerprint density at radius 2 is 1.78 bits per heavy atom. The van der Waals surface area contributed by atoms with Gasteiger partial charge in [0, 0.05) is 28.3 Å². The summed E-state index contributed by atoms with van der Waals surface area (Å²) >= 11 is 0. The molecule has 0 atom stereocenters. The van der Waals surface area contributed by atoms with Crippen molar-refractivity contribution in [1.82, 2.24) is 4.98 Å². The number of fused-ring (bicyclic) bond motifs is 5. The monoisotopic (exact) mass is 233 g/mol. The van der Waals surface area contributed by atoms with Gasteiger partial charge in [-0.15, -0.1) is 0 Å². The molecule has 2 heteroatoms. The van der Waals surface area contributed by atoms with Crippen LogP contribution in [0.2, 0.25) is 0 Å². The third kappa shape index (κ3) is 1.26. The Bertz CT molecular complexity index is 749. The van der Waals surface area contributed by atoms with Crippen molar-refractivity contribution in [2.75, 3.05) is 0 Å². The molecule has 1 aliphatic rings. The smallest absolute Gasteiger partial charge is 0.127 e. The van der Waals surface area contributed by atoms with E-state index in [-0.39, 0.29) is 0 Å². The van der Waals surface area contributed by atoms with Crippen LogP contribution < -0.4 is 4.74 Å². The van der Waals surface area contributed by atoms with E-state index in [0.717, 1.165) is 22.4 Å². The van der Waals surface area contributed by atoms with E-state index in [1.807, 2.05) is 36.5 Å². The Kier molecular flexibility index (Phi) is 1.92. The van der Waals surface area contributed by atoms with E-state index in [2.05, 4.69) is 23.2 Å². The van der Waals surface area contributed by atoms with Gasteiger partial charge in [0.1, 0.15) is 12.4 Å². The molecule has 3 aromatic rings. The summed E-state index contributed by atoms with van der Waals surface area (Å²) in [7, 11) is 0. The van der Waals surface area contributed by atoms with Gasteiger partial charge in [-0.05, 0) is 12.1 Å². The van der Waals surface area contributed by atoms with Crippen LogP contribution >= 0.6 is 0 Å². The molecule has 0 saturated heterocycles. The van der Waals surface area contributed by atoms with Crippen molar-refractivity contribution in [1.29, 1.82) is 0 Å². The topological polar surface area (TPSA) is 22.1 Å². The van der Waals surface area contributed by atoms with Crippen LogP contribution in [0.15, 0.2) is 54.7 Å². The Morgan fingerprint density at radius 1 is 0.944 bits per heavy atom. The first-order chi connectivity index (χ1) is 8.93. The summed E-state index contributed by atoms with van der Waals surface area (Å²) in [6, 6.07) is 16.4. The van der Waals surface area contributed by atoms with Crippen LogP contribution in [0.25, 0.3) is 22.0 Å². The molecule has 4 rings (SSSR count). The predicted octanol–water partition coefficient (Wildman–Crippen LogP) is 3.79. The summed E-state index contributed by atoms with van der Waals surface area (Å²) in [6.07, 6.45) is 1.92. The lowest BCUT2D eigenvalue weighted by Gasteiger charge is -2.21. The van der Waals surface area contributed by atoms with E-state index in [1.165, 1.54) is 10.9 Å². The first-order valence-electron chi connectivity index (χ1n) is 6.02. The highest BCUT2D eigenvalue weighted by atomic mass is 16.5. The molecule has 0 fully saturated rings. The highest BCUT2D eigenvalue weighted by Crippen LogP contribution is 2.40. The normalized spacial score (nSPS) is 12.7. The number of aromatic nitrogens is 1. The molecular formula is C16H11NO. The Hall–Kier alpha value is -2.35. The van der Waals surface area contributed by atoms with Crippen LogP contribution in [0, 0.1) is 0 Å². The molecule has 2 aromatic carbocycles. The molecule has 1 aliphatic heterocycles. The molecular weight excluding hydrogens is 222 g/mol. The van der Waals surface area contributed by atoms with Gasteiger partial charge < -0.3 is 4.74 Å². The molecule has 2 heterocycles. The molecule has 0 saturated carbocycles. The molecule has 0 N–H and O–H groups in total. The second kappa shape index (κ2) is 3.57. The van der Waals surface area contributed by atoms with E-state index in [9.17, 15) is 0 Å². The van der Waals surface area contributed by atoms with Gasteiger partial charge in [-0.3, -0.25) is 4.98 Å². The maximum absolute atomic E-state index is 5.76. The minimum absolute atomic E-state index is 0.601. The Balaban J connectivity index is 2.15. The van der Waals surface area contributed by atoms with E-state index < -0.39 is 0 Å². The fraction of sp³-hybridized carbons (Fsp3) is 0.0625. The summed E-state index contributed by atoms with van der Waals surface area (Å²) in [6.45, 7) is 0.601. The van der Waals surface area contributed by atoms with Crippen LogP contribution in [0.1, 0.15) is 5.56 Å². The Labute approximate surface area is 105 Å². The van der Waals surface area contributed by atoms with Crippen molar-refractivity contribution < 1.29 is 4.74 Å². The summed E-state index contributed by atoms with van der Waals surface area (Å²) < 4.78 is 5.76. The molecule has 1 aromatic heterocycles. The van der Waals surface area contributed by atoms with Gasteiger partial charge in [-0.25, -0.2) is 0 Å². The lowest BCUT2D eigenvalue weighted by atomic mass is 9.94. The third-order valence-electron chi connectivity index (χ3n) is 3.39. The zero-order valence-corrected chi connectivity index (χ0v) is 9.76. The maximum atomic E-state index is 5.76. The largest absolute Gasteiger partial charge is 0.488 e. The van der Waals surface area contributed by atoms with Gasteiger partial charge in [0.05, 0.1) is 5.52 Å². The minimum Gasteiger partial charge on any atom is -0.488 e. The Morgan fingerprint density at radius 3 is 2.78 bits per heavy atom. The zero-order chi connectivity index (χ0) is 11.9. The second-order valence-corrected chi connectivity index (χ2v) is 4.46. The molecule has 0 aliphatic carbocycles. The number of pyridine rings is 1. The number of rotatable bonds is 0. The van der Waals surface area contributed by atoms with Crippen molar-refractivity contribution in [3.05, 3.63) is 60.3 Å². The number of hydrogen-bond acceptors (Lipinski definition) is 2. The van der Waals surface area contributed by atoms with Gasteiger partial charge in [-0.2, -0.15) is 0 Å². The lowest BCUT2D eigenvalue weighted by molar-refractivity contribution is 0.302. The maximum Gasteiger partial charge on any atom is 0.127 e. The molecule has 0 radical (unpaired) electrons. The first-order valence-corrected chi connectivity index (χ1v) is 6.02. The molecule has 0 unspecified atom stereocenters. The highest BCUT2D eigenvalue weighted by molar-refractivity contribution is 5.98. The molecule has 0 amide bonds. The van der Waals surface area contributed by atoms with Crippen LogP contribution in [-0.2, 0) is 6.61 Å². The molecule has 0 bridgehead atoms. The standard InChI is InChI=1S/C16H11NO/c1-3-7-14-12(5-1)16-11(9-17-14)10-18-15-8-4-2-6-13(15)16/h1-9H,10H2. The van der Waals surface area contributed by atoms with E-state index in [1.54, 1.807) is 0 Å². The van der Waals surface area contributed by atoms with Crippen LogP contribution in [0.4, 0.5) is 0 Å². The second-order valence-electron chi connectivity index (χ2n) is 4.46. The van der Waals surface area contributed by atoms with Gasteiger partial charge in [0.2, 0.25) is 0 Å².